The number of hydrogen-bond acceptors (Lipinski definition) is 8. The number of aromatic hydroxyl groups is 1. The van der Waals surface area contributed by atoms with Crippen LogP contribution in [0.1, 0.15) is 30.9 Å². The van der Waals surface area contributed by atoms with Crippen molar-refractivity contribution < 1.29 is 34.5 Å². The van der Waals surface area contributed by atoms with E-state index in [1.807, 2.05) is 24.3 Å². The summed E-state index contributed by atoms with van der Waals surface area (Å²) in [5.74, 6) is -3.80. The van der Waals surface area contributed by atoms with E-state index in [9.17, 15) is 34.5 Å². The topological polar surface area (TPSA) is 271 Å². The Bertz CT molecular complexity index is 1500. The molecule has 0 saturated heterocycles. The Labute approximate surface area is 259 Å². The number of nitrogens with one attached hydrogen (secondary N) is 4. The number of carbonyl (C=O) groups is 4. The van der Waals surface area contributed by atoms with Crippen LogP contribution in [-0.4, -0.2) is 86.8 Å². The van der Waals surface area contributed by atoms with E-state index >= 15 is 0 Å². The molecular weight excluding hydrogens is 584 g/mol. The zero-order valence-electron chi connectivity index (χ0n) is 24.8. The number of hydrogen-bond donors (Lipinski definition) is 10. The maximum Gasteiger partial charge on any atom is 0.326 e. The fraction of sp³-hybridized carbons (Fsp3) is 0.367. The molecule has 0 bridgehead atoms. The van der Waals surface area contributed by atoms with E-state index in [2.05, 4.69) is 25.9 Å². The minimum atomic E-state index is -1.55. The minimum Gasteiger partial charge on any atom is -0.508 e. The lowest BCUT2D eigenvalue weighted by Gasteiger charge is -2.26. The van der Waals surface area contributed by atoms with E-state index in [4.69, 9.17) is 17.2 Å². The molecule has 1 aromatic heterocycles. The van der Waals surface area contributed by atoms with E-state index in [0.717, 1.165) is 10.9 Å². The van der Waals surface area contributed by atoms with Gasteiger partial charge in [-0.05, 0) is 55.5 Å². The molecule has 3 aromatic rings. The Morgan fingerprint density at radius 1 is 0.911 bits per heavy atom. The molecule has 0 aliphatic carbocycles. The lowest BCUT2D eigenvalue weighted by atomic mass is 10.0. The lowest BCUT2D eigenvalue weighted by Crippen LogP contribution is -2.60. The summed E-state index contributed by atoms with van der Waals surface area (Å²) in [7, 11) is 0. The van der Waals surface area contributed by atoms with Crippen molar-refractivity contribution in [3.8, 4) is 5.75 Å². The predicted octanol–water partition coefficient (Wildman–Crippen LogP) is -1.04. The first kappa shape index (κ1) is 34.3. The zero-order chi connectivity index (χ0) is 33.1. The molecule has 0 aliphatic heterocycles. The number of phenolic OH excluding ortho intramolecular Hbond substituents is 1. The van der Waals surface area contributed by atoms with E-state index in [0.29, 0.717) is 11.1 Å². The van der Waals surface area contributed by atoms with Gasteiger partial charge in [0.25, 0.3) is 0 Å². The number of aromatic nitrogens is 1. The van der Waals surface area contributed by atoms with Crippen LogP contribution >= 0.6 is 0 Å². The van der Waals surface area contributed by atoms with Gasteiger partial charge in [0.05, 0.1) is 12.1 Å². The quantitative estimate of drug-likeness (QED) is 0.0525. The van der Waals surface area contributed by atoms with Crippen molar-refractivity contribution >= 4 is 40.6 Å². The molecule has 0 fully saturated rings. The van der Waals surface area contributed by atoms with Gasteiger partial charge >= 0.3 is 5.97 Å². The van der Waals surface area contributed by atoms with Crippen LogP contribution in [0, 0.1) is 0 Å². The average molecular weight is 625 g/mol. The number of guanidine groups is 1. The number of amides is 3. The van der Waals surface area contributed by atoms with Gasteiger partial charge in [0.1, 0.15) is 23.9 Å². The molecule has 13 N–H and O–H groups in total. The second kappa shape index (κ2) is 16.1. The van der Waals surface area contributed by atoms with Crippen molar-refractivity contribution in [1.29, 1.82) is 0 Å². The standard InChI is InChI=1S/C30H40N8O7/c1-16(39)25(28(43)36-23(29(44)45)7-4-12-34-30(32)33)38-27(42)24(14-18-15-35-22-6-3-2-5-20(18)22)37-26(41)21(31)13-17-8-10-19(40)11-9-17/h2-3,5-6,8-11,15-16,21,23-25,35,39-40H,4,7,12-14,31H2,1H3,(H,36,43)(H,37,41)(H,38,42)(H,44,45)(H4,32,33,34). The highest BCUT2D eigenvalue weighted by atomic mass is 16.4. The van der Waals surface area contributed by atoms with Crippen LogP contribution in [0.4, 0.5) is 0 Å². The highest BCUT2D eigenvalue weighted by Crippen LogP contribution is 2.19. The van der Waals surface area contributed by atoms with Crippen molar-refractivity contribution in [3.05, 3.63) is 65.9 Å². The van der Waals surface area contributed by atoms with Gasteiger partial charge in [-0.1, -0.05) is 30.3 Å². The molecule has 1 heterocycles. The van der Waals surface area contributed by atoms with Gasteiger partial charge in [0.2, 0.25) is 17.7 Å². The Balaban J connectivity index is 1.78. The van der Waals surface area contributed by atoms with E-state index in [1.165, 1.54) is 19.1 Å². The van der Waals surface area contributed by atoms with Crippen LogP contribution in [0.3, 0.4) is 0 Å². The minimum absolute atomic E-state index is 0.00417. The molecule has 0 aliphatic rings. The molecule has 0 radical (unpaired) electrons. The molecule has 5 atom stereocenters. The largest absolute Gasteiger partial charge is 0.508 e. The van der Waals surface area contributed by atoms with Crippen LogP contribution in [-0.2, 0) is 32.0 Å². The Morgan fingerprint density at radius 3 is 2.22 bits per heavy atom. The number of nitrogens with zero attached hydrogens (tertiary/aromatic N) is 1. The van der Waals surface area contributed by atoms with Crippen LogP contribution in [0.2, 0.25) is 0 Å². The maximum absolute atomic E-state index is 13.6. The Morgan fingerprint density at radius 2 is 1.58 bits per heavy atom. The first-order valence-corrected chi connectivity index (χ1v) is 14.3. The normalized spacial score (nSPS) is 14.4. The maximum atomic E-state index is 13.6. The summed E-state index contributed by atoms with van der Waals surface area (Å²) in [4.78, 5) is 58.6. The molecule has 15 heteroatoms. The fourth-order valence-electron chi connectivity index (χ4n) is 4.67. The summed E-state index contributed by atoms with van der Waals surface area (Å²) in [5.41, 5.74) is 18.9. The smallest absolute Gasteiger partial charge is 0.326 e. The highest BCUT2D eigenvalue weighted by molar-refractivity contribution is 5.95. The number of carboxylic acid groups (broad SMARTS) is 1. The monoisotopic (exact) mass is 624 g/mol. The summed E-state index contributed by atoms with van der Waals surface area (Å²) in [6.45, 7) is 1.41. The van der Waals surface area contributed by atoms with Gasteiger partial charge in [-0.25, -0.2) is 4.79 Å². The van der Waals surface area contributed by atoms with Crippen molar-refractivity contribution in [3.63, 3.8) is 0 Å². The predicted molar refractivity (Wildman–Crippen MR) is 167 cm³/mol. The molecule has 0 saturated carbocycles. The number of H-pyrrole nitrogens is 1. The van der Waals surface area contributed by atoms with Crippen LogP contribution in [0.5, 0.6) is 5.75 Å². The van der Waals surface area contributed by atoms with Crippen molar-refractivity contribution in [2.75, 3.05) is 6.54 Å². The van der Waals surface area contributed by atoms with Crippen LogP contribution < -0.4 is 33.2 Å². The SMILES string of the molecule is CC(O)C(NC(=O)C(Cc1c[nH]c2ccccc12)NC(=O)C(N)Cc1ccc(O)cc1)C(=O)NC(CCCN=C(N)N)C(=O)O. The summed E-state index contributed by atoms with van der Waals surface area (Å²) >= 11 is 0. The first-order chi connectivity index (χ1) is 21.3. The number of rotatable bonds is 16. The number of para-hydroxylation sites is 1. The average Bonchev–Trinajstić information content (AvgIpc) is 3.40. The number of phenols is 1. The summed E-state index contributed by atoms with van der Waals surface area (Å²) in [6.07, 6.45) is 0.620. The summed E-state index contributed by atoms with van der Waals surface area (Å²) in [5, 5.41) is 37.8. The lowest BCUT2D eigenvalue weighted by molar-refractivity contribution is -0.143. The number of benzene rings is 2. The van der Waals surface area contributed by atoms with Gasteiger partial charge < -0.3 is 53.5 Å². The molecule has 15 nitrogen and oxygen atoms in total. The molecule has 3 amide bonds. The number of aliphatic hydroxyl groups excluding tert-OH is 1. The molecule has 5 unspecified atom stereocenters. The van der Waals surface area contributed by atoms with Gasteiger partial charge in [0, 0.05) is 30.1 Å². The third kappa shape index (κ3) is 10.2. The van der Waals surface area contributed by atoms with Crippen molar-refractivity contribution in [2.24, 2.45) is 22.2 Å². The third-order valence-corrected chi connectivity index (χ3v) is 7.08. The van der Waals surface area contributed by atoms with Crippen molar-refractivity contribution in [1.82, 2.24) is 20.9 Å². The zero-order valence-corrected chi connectivity index (χ0v) is 24.8. The molecule has 3 rings (SSSR count). The Hall–Kier alpha value is -5.15. The van der Waals surface area contributed by atoms with Crippen LogP contribution in [0.15, 0.2) is 59.7 Å². The number of fused-ring (bicyclic) bond motifs is 1. The van der Waals surface area contributed by atoms with Gasteiger partial charge in [-0.3, -0.25) is 19.4 Å². The van der Waals surface area contributed by atoms with Gasteiger partial charge in [0.15, 0.2) is 5.96 Å². The molecule has 45 heavy (non-hydrogen) atoms. The van der Waals surface area contributed by atoms with E-state index in [-0.39, 0.29) is 43.9 Å². The highest BCUT2D eigenvalue weighted by Gasteiger charge is 2.33. The molecule has 2 aromatic carbocycles. The van der Waals surface area contributed by atoms with E-state index in [1.54, 1.807) is 18.3 Å². The number of aliphatic hydroxyl groups is 1. The first-order valence-electron chi connectivity index (χ1n) is 14.3. The molecule has 242 valence electrons. The fourth-order valence-corrected chi connectivity index (χ4v) is 4.67. The number of carboxylic acids is 1. The summed E-state index contributed by atoms with van der Waals surface area (Å²) in [6, 6.07) is 8.36. The second-order valence-electron chi connectivity index (χ2n) is 10.7. The van der Waals surface area contributed by atoms with E-state index < -0.39 is 54.0 Å². The summed E-state index contributed by atoms with van der Waals surface area (Å²) < 4.78 is 0. The number of aliphatic imine (C=N–C) groups is 1. The second-order valence-corrected chi connectivity index (χ2v) is 10.7. The van der Waals surface area contributed by atoms with Crippen LogP contribution in [0.25, 0.3) is 10.9 Å². The van der Waals surface area contributed by atoms with Crippen molar-refractivity contribution in [2.45, 2.75) is 62.9 Å². The third-order valence-electron chi connectivity index (χ3n) is 7.08. The molecular formula is C30H40N8O7. The number of carbonyl (C=O) groups excluding carboxylic acids is 3. The molecule has 0 spiro atoms. The number of aromatic amines is 1. The van der Waals surface area contributed by atoms with Gasteiger partial charge in [-0.15, -0.1) is 0 Å². The Kier molecular flexibility index (Phi) is 12.3. The van der Waals surface area contributed by atoms with Gasteiger partial charge in [-0.2, -0.15) is 0 Å². The number of aliphatic carboxylic acids is 1. The number of nitrogens with two attached hydrogens (primary N) is 3.